The van der Waals surface area contributed by atoms with Crippen molar-refractivity contribution < 1.29 is 32.9 Å². The van der Waals surface area contributed by atoms with Crippen LogP contribution in [0.3, 0.4) is 0 Å². The van der Waals surface area contributed by atoms with Crippen LogP contribution in [-0.2, 0) is 18.4 Å². The van der Waals surface area contributed by atoms with Crippen LogP contribution >= 0.6 is 7.82 Å². The van der Waals surface area contributed by atoms with E-state index in [1.807, 2.05) is 21.1 Å². The van der Waals surface area contributed by atoms with Gasteiger partial charge in [0.1, 0.15) is 13.2 Å². The zero-order valence-electron chi connectivity index (χ0n) is 59.1. The van der Waals surface area contributed by atoms with Crippen molar-refractivity contribution in [1.29, 1.82) is 0 Å². The Hall–Kier alpha value is -3.62. The van der Waals surface area contributed by atoms with Crippen LogP contribution in [0, 0.1) is 0 Å². The van der Waals surface area contributed by atoms with Crippen LogP contribution < -0.4 is 5.32 Å². The summed E-state index contributed by atoms with van der Waals surface area (Å²) in [4.78, 5) is 23.5. The highest BCUT2D eigenvalue weighted by atomic mass is 31.2. The highest BCUT2D eigenvalue weighted by Crippen LogP contribution is 2.43. The zero-order valence-corrected chi connectivity index (χ0v) is 60.0. The van der Waals surface area contributed by atoms with Gasteiger partial charge in [-0.3, -0.25) is 13.8 Å². The molecule has 0 aromatic heterocycles. The van der Waals surface area contributed by atoms with Gasteiger partial charge in [0.25, 0.3) is 0 Å². The summed E-state index contributed by atoms with van der Waals surface area (Å²) in [6.45, 7) is 4.77. The fourth-order valence-corrected chi connectivity index (χ4v) is 11.1. The van der Waals surface area contributed by atoms with Crippen molar-refractivity contribution in [3.05, 3.63) is 146 Å². The van der Waals surface area contributed by atoms with E-state index >= 15 is 0 Å². The number of quaternary nitrogens is 1. The predicted molar refractivity (Wildman–Crippen MR) is 396 cm³/mol. The third-order valence-corrected chi connectivity index (χ3v) is 17.1. The standard InChI is InChI=1S/C81H141N2O6P/c1-6-8-10-12-14-16-18-20-22-24-26-28-30-32-34-35-36-37-38-39-40-41-42-43-44-45-46-47-49-51-53-55-57-59-61-63-65-67-69-71-73-75-81(85)82-79(78-89-90(86,87)88-77-76-83(3,4)5)80(84)74-72-70-68-66-64-62-60-58-56-54-52-50-48-33-31-29-27-25-23-21-19-17-15-13-11-9-7-2/h8,10,14,16,20,22,26,28,32,34,36-37,39-40,42-43,45-46,49,51,55,57,61,63,79-80,84H,6-7,9,11-13,15,17-19,21,23-25,27,29-31,33,35,38,41,44,47-48,50,52-54,56,58-60,62,64-78H2,1-5H3,(H-,82,85,86,87)/p+1/b10-8-,16-14-,22-20-,28-26-,34-32-,37-36-,40-39-,43-42-,46-45-,51-49-,57-55-,63-61-. The van der Waals surface area contributed by atoms with E-state index in [0.29, 0.717) is 23.9 Å². The molecular formula is C81H142N2O6P+. The predicted octanol–water partition coefficient (Wildman–Crippen LogP) is 24.3. The number of aliphatic hydroxyl groups excluding tert-OH is 1. The van der Waals surface area contributed by atoms with Gasteiger partial charge < -0.3 is 19.8 Å². The first-order valence-electron chi connectivity index (χ1n) is 37.2. The van der Waals surface area contributed by atoms with Crippen molar-refractivity contribution in [1.82, 2.24) is 5.32 Å². The van der Waals surface area contributed by atoms with E-state index in [2.05, 4.69) is 165 Å². The number of allylic oxidation sites excluding steroid dienone is 24. The number of hydrogen-bond donors (Lipinski definition) is 3. The first-order chi connectivity index (χ1) is 44.0. The first kappa shape index (κ1) is 86.4. The zero-order chi connectivity index (χ0) is 65.5. The second kappa shape index (κ2) is 69.7. The van der Waals surface area contributed by atoms with Gasteiger partial charge in [-0.25, -0.2) is 4.57 Å². The number of unbranched alkanes of at least 4 members (excludes halogenated alkanes) is 30. The third-order valence-electron chi connectivity index (χ3n) is 16.1. The maximum absolute atomic E-state index is 13.1. The molecule has 0 aliphatic heterocycles. The van der Waals surface area contributed by atoms with Gasteiger partial charge in [0, 0.05) is 6.42 Å². The highest BCUT2D eigenvalue weighted by molar-refractivity contribution is 7.47. The first-order valence-corrected chi connectivity index (χ1v) is 38.7. The molecule has 90 heavy (non-hydrogen) atoms. The molecule has 0 aromatic carbocycles. The van der Waals surface area contributed by atoms with Crippen molar-refractivity contribution in [2.24, 2.45) is 0 Å². The van der Waals surface area contributed by atoms with Gasteiger partial charge in [0.2, 0.25) is 5.91 Å². The number of nitrogens with one attached hydrogen (secondary N) is 1. The maximum atomic E-state index is 13.1. The molecule has 516 valence electrons. The molecule has 9 heteroatoms. The molecule has 0 fully saturated rings. The number of phosphoric ester groups is 1. The Labute approximate surface area is 557 Å². The van der Waals surface area contributed by atoms with Gasteiger partial charge in [-0.15, -0.1) is 0 Å². The largest absolute Gasteiger partial charge is 0.472 e. The van der Waals surface area contributed by atoms with Gasteiger partial charge >= 0.3 is 7.82 Å². The summed E-state index contributed by atoms with van der Waals surface area (Å²) in [6.07, 6.45) is 107. The molecule has 0 saturated carbocycles. The molecule has 0 heterocycles. The van der Waals surface area contributed by atoms with E-state index in [9.17, 15) is 19.4 Å². The van der Waals surface area contributed by atoms with Crippen LogP contribution in [-0.4, -0.2) is 73.4 Å². The van der Waals surface area contributed by atoms with Crippen molar-refractivity contribution in [3.63, 3.8) is 0 Å². The lowest BCUT2D eigenvalue weighted by Crippen LogP contribution is -2.46. The van der Waals surface area contributed by atoms with Crippen LogP contribution in [0.15, 0.2) is 146 Å². The van der Waals surface area contributed by atoms with E-state index in [4.69, 9.17) is 9.05 Å². The summed E-state index contributed by atoms with van der Waals surface area (Å²) < 4.78 is 23.9. The van der Waals surface area contributed by atoms with Gasteiger partial charge in [-0.1, -0.05) is 346 Å². The van der Waals surface area contributed by atoms with Crippen molar-refractivity contribution >= 4 is 13.7 Å². The second-order valence-electron chi connectivity index (χ2n) is 25.9. The molecule has 0 aromatic rings. The molecular weight excluding hydrogens is 1130 g/mol. The number of carbonyl (C=O) groups is 1. The second-order valence-corrected chi connectivity index (χ2v) is 27.4. The number of carbonyl (C=O) groups excluding carboxylic acids is 1. The molecule has 0 aliphatic rings. The Kier molecular flexibility index (Phi) is 66.9. The Morgan fingerprint density at radius 3 is 0.978 bits per heavy atom. The molecule has 0 spiro atoms. The number of phosphoric acid groups is 1. The fourth-order valence-electron chi connectivity index (χ4n) is 10.4. The minimum atomic E-state index is -4.35. The minimum Gasteiger partial charge on any atom is -0.391 e. The molecule has 1 amide bonds. The number of amides is 1. The maximum Gasteiger partial charge on any atom is 0.472 e. The van der Waals surface area contributed by atoms with Gasteiger partial charge in [-0.2, -0.15) is 0 Å². The Morgan fingerprint density at radius 1 is 0.389 bits per heavy atom. The monoisotopic (exact) mass is 1270 g/mol. The number of nitrogens with zero attached hydrogens (tertiary/aromatic N) is 1. The Bertz CT molecular complexity index is 1980. The van der Waals surface area contributed by atoms with Crippen LogP contribution in [0.4, 0.5) is 0 Å². The fraction of sp³-hybridized carbons (Fsp3) is 0.691. The summed E-state index contributed by atoms with van der Waals surface area (Å²) in [5.74, 6) is -0.171. The third kappa shape index (κ3) is 71.8. The van der Waals surface area contributed by atoms with E-state index in [1.54, 1.807) is 0 Å². The number of aliphatic hydroxyl groups is 1. The summed E-state index contributed by atoms with van der Waals surface area (Å²) in [7, 11) is 1.59. The van der Waals surface area contributed by atoms with E-state index in [1.165, 1.54) is 154 Å². The Balaban J connectivity index is 4.15. The van der Waals surface area contributed by atoms with Gasteiger partial charge in [-0.05, 0) is 103 Å². The summed E-state index contributed by atoms with van der Waals surface area (Å²) >= 11 is 0. The lowest BCUT2D eigenvalue weighted by molar-refractivity contribution is -0.870. The summed E-state index contributed by atoms with van der Waals surface area (Å²) in [5.41, 5.74) is 0. The lowest BCUT2D eigenvalue weighted by Gasteiger charge is -2.26. The van der Waals surface area contributed by atoms with Crippen LogP contribution in [0.5, 0.6) is 0 Å². The number of likely N-dealkylation sites (N-methyl/N-ethyl adjacent to an activating group) is 1. The van der Waals surface area contributed by atoms with E-state index in [-0.39, 0.29) is 19.1 Å². The van der Waals surface area contributed by atoms with Gasteiger partial charge in [0.05, 0.1) is 39.9 Å². The number of rotatable bonds is 67. The molecule has 0 radical (unpaired) electrons. The van der Waals surface area contributed by atoms with Crippen molar-refractivity contribution in [2.45, 2.75) is 321 Å². The summed E-state index contributed by atoms with van der Waals surface area (Å²) in [6, 6.07) is -0.787. The smallest absolute Gasteiger partial charge is 0.391 e. The lowest BCUT2D eigenvalue weighted by atomic mass is 10.0. The topological polar surface area (TPSA) is 105 Å². The average molecular weight is 1270 g/mol. The molecule has 3 N–H and O–H groups in total. The van der Waals surface area contributed by atoms with Crippen LogP contribution in [0.1, 0.15) is 309 Å². The minimum absolute atomic E-state index is 0.0626. The van der Waals surface area contributed by atoms with E-state index < -0.39 is 20.0 Å². The molecule has 0 saturated heterocycles. The van der Waals surface area contributed by atoms with E-state index in [0.717, 1.165) is 128 Å². The molecule has 3 atom stereocenters. The molecule has 8 nitrogen and oxygen atoms in total. The molecule has 0 aliphatic carbocycles. The molecule has 3 unspecified atom stereocenters. The molecule has 0 bridgehead atoms. The summed E-state index contributed by atoms with van der Waals surface area (Å²) in [5, 5.41) is 14.1. The quantitative estimate of drug-likeness (QED) is 0.0243. The highest BCUT2D eigenvalue weighted by Gasteiger charge is 2.28. The van der Waals surface area contributed by atoms with Crippen molar-refractivity contribution in [2.75, 3.05) is 40.9 Å². The van der Waals surface area contributed by atoms with Crippen LogP contribution in [0.2, 0.25) is 0 Å². The molecule has 0 rings (SSSR count). The number of hydrogen-bond acceptors (Lipinski definition) is 5. The SMILES string of the molecule is CC/C=C\C/C=C\C/C=C\C/C=C\C/C=C\C/C=C\C/C=C\C/C=C\C/C=C\C/C=C\C/C=C\C/C=C\CCCCCCC(=O)NC(COP(=O)(O)OCC[N+](C)(C)C)C(O)CCCCCCCCCCCCCCCCCCCCCCCCCCCCC. The Morgan fingerprint density at radius 2 is 0.667 bits per heavy atom. The normalized spacial score (nSPS) is 14.4. The van der Waals surface area contributed by atoms with Crippen LogP contribution in [0.25, 0.3) is 0 Å². The van der Waals surface area contributed by atoms with Gasteiger partial charge in [0.15, 0.2) is 0 Å². The van der Waals surface area contributed by atoms with Crippen molar-refractivity contribution in [3.8, 4) is 0 Å². The average Bonchev–Trinajstić information content (AvgIpc) is 3.09.